The topological polar surface area (TPSA) is 47.6 Å². The highest BCUT2D eigenvalue weighted by atomic mass is 32.2. The second kappa shape index (κ2) is 6.58. The SMILES string of the molecule is CN1CCN(CCNC(=O)C2CSCN2)CC1. The molecule has 0 saturated carbocycles. The molecule has 6 heteroatoms. The molecule has 1 atom stereocenters. The number of amides is 1. The zero-order valence-corrected chi connectivity index (χ0v) is 11.3. The van der Waals surface area contributed by atoms with Gasteiger partial charge in [0, 0.05) is 50.9 Å². The zero-order chi connectivity index (χ0) is 12.1. The van der Waals surface area contributed by atoms with E-state index in [0.717, 1.165) is 50.9 Å². The zero-order valence-electron chi connectivity index (χ0n) is 10.4. The molecule has 2 N–H and O–H groups in total. The van der Waals surface area contributed by atoms with E-state index in [-0.39, 0.29) is 11.9 Å². The minimum atomic E-state index is 0.0208. The summed E-state index contributed by atoms with van der Waals surface area (Å²) < 4.78 is 0. The highest BCUT2D eigenvalue weighted by Crippen LogP contribution is 2.09. The van der Waals surface area contributed by atoms with E-state index in [1.54, 1.807) is 11.8 Å². The maximum absolute atomic E-state index is 11.7. The number of piperazine rings is 1. The summed E-state index contributed by atoms with van der Waals surface area (Å²) in [6.07, 6.45) is 0. The number of carbonyl (C=O) groups excluding carboxylic acids is 1. The van der Waals surface area contributed by atoms with Crippen molar-refractivity contribution in [2.75, 3.05) is 57.9 Å². The first-order valence-electron chi connectivity index (χ1n) is 6.25. The number of nitrogens with zero attached hydrogens (tertiary/aromatic N) is 2. The molecular formula is C11H22N4OS. The monoisotopic (exact) mass is 258 g/mol. The van der Waals surface area contributed by atoms with Crippen LogP contribution in [-0.4, -0.2) is 79.7 Å². The third-order valence-corrected chi connectivity index (χ3v) is 4.30. The molecule has 2 fully saturated rings. The lowest BCUT2D eigenvalue weighted by molar-refractivity contribution is -0.122. The van der Waals surface area contributed by atoms with Gasteiger partial charge in [0.15, 0.2) is 0 Å². The molecule has 1 amide bonds. The lowest BCUT2D eigenvalue weighted by Gasteiger charge is -2.32. The lowest BCUT2D eigenvalue weighted by Crippen LogP contribution is -2.48. The van der Waals surface area contributed by atoms with Gasteiger partial charge >= 0.3 is 0 Å². The van der Waals surface area contributed by atoms with E-state index in [1.807, 2.05) is 0 Å². The number of carbonyl (C=O) groups is 1. The van der Waals surface area contributed by atoms with Crippen molar-refractivity contribution in [3.63, 3.8) is 0 Å². The van der Waals surface area contributed by atoms with Crippen LogP contribution in [0.1, 0.15) is 0 Å². The smallest absolute Gasteiger partial charge is 0.238 e. The summed E-state index contributed by atoms with van der Waals surface area (Å²) in [5, 5.41) is 6.19. The van der Waals surface area contributed by atoms with Gasteiger partial charge in [-0.15, -0.1) is 11.8 Å². The summed E-state index contributed by atoms with van der Waals surface area (Å²) in [5.74, 6) is 1.96. The van der Waals surface area contributed by atoms with Crippen LogP contribution >= 0.6 is 11.8 Å². The molecule has 0 aromatic heterocycles. The van der Waals surface area contributed by atoms with E-state index in [9.17, 15) is 4.79 Å². The van der Waals surface area contributed by atoms with Crippen molar-refractivity contribution in [2.24, 2.45) is 0 Å². The van der Waals surface area contributed by atoms with Gasteiger partial charge in [0.1, 0.15) is 0 Å². The Hall–Kier alpha value is -0.300. The van der Waals surface area contributed by atoms with Crippen LogP contribution in [0.15, 0.2) is 0 Å². The van der Waals surface area contributed by atoms with Gasteiger partial charge in [-0.2, -0.15) is 0 Å². The fourth-order valence-electron chi connectivity index (χ4n) is 2.10. The molecule has 0 bridgehead atoms. The number of hydrogen-bond donors (Lipinski definition) is 2. The van der Waals surface area contributed by atoms with Gasteiger partial charge in [0.2, 0.25) is 5.91 Å². The summed E-state index contributed by atoms with van der Waals surface area (Å²) in [7, 11) is 2.16. The highest BCUT2D eigenvalue weighted by Gasteiger charge is 2.22. The quantitative estimate of drug-likeness (QED) is 0.678. The highest BCUT2D eigenvalue weighted by molar-refractivity contribution is 7.99. The van der Waals surface area contributed by atoms with Gasteiger partial charge in [-0.1, -0.05) is 0 Å². The second-order valence-corrected chi connectivity index (χ2v) is 5.74. The van der Waals surface area contributed by atoms with E-state index < -0.39 is 0 Å². The number of hydrogen-bond acceptors (Lipinski definition) is 5. The summed E-state index contributed by atoms with van der Waals surface area (Å²) in [5.41, 5.74) is 0. The molecular weight excluding hydrogens is 236 g/mol. The Labute approximate surface area is 107 Å². The van der Waals surface area contributed by atoms with Gasteiger partial charge < -0.3 is 10.2 Å². The second-order valence-electron chi connectivity index (χ2n) is 4.71. The summed E-state index contributed by atoms with van der Waals surface area (Å²) in [6.45, 7) is 6.24. The normalized spacial score (nSPS) is 27.2. The van der Waals surface area contributed by atoms with Crippen LogP contribution in [0.3, 0.4) is 0 Å². The van der Waals surface area contributed by atoms with Gasteiger partial charge in [0.05, 0.1) is 6.04 Å². The Morgan fingerprint density at radius 2 is 2.18 bits per heavy atom. The Balaban J connectivity index is 1.57. The van der Waals surface area contributed by atoms with E-state index >= 15 is 0 Å². The molecule has 0 aliphatic carbocycles. The molecule has 2 aliphatic heterocycles. The van der Waals surface area contributed by atoms with Crippen LogP contribution < -0.4 is 10.6 Å². The molecule has 0 spiro atoms. The van der Waals surface area contributed by atoms with Crippen LogP contribution in [0.2, 0.25) is 0 Å². The predicted molar refractivity (Wildman–Crippen MR) is 71.2 cm³/mol. The third-order valence-electron chi connectivity index (χ3n) is 3.36. The Morgan fingerprint density at radius 1 is 1.41 bits per heavy atom. The average Bonchev–Trinajstić information content (AvgIpc) is 2.85. The molecule has 17 heavy (non-hydrogen) atoms. The van der Waals surface area contributed by atoms with Crippen LogP contribution in [0.5, 0.6) is 0 Å². The fourth-order valence-corrected chi connectivity index (χ4v) is 3.04. The first-order chi connectivity index (χ1) is 8.25. The molecule has 1 unspecified atom stereocenters. The maximum Gasteiger partial charge on any atom is 0.238 e. The molecule has 0 radical (unpaired) electrons. The summed E-state index contributed by atoms with van der Waals surface area (Å²) >= 11 is 1.78. The molecule has 5 nitrogen and oxygen atoms in total. The molecule has 0 aromatic rings. The number of likely N-dealkylation sites (N-methyl/N-ethyl adjacent to an activating group) is 1. The number of nitrogens with one attached hydrogen (secondary N) is 2. The average molecular weight is 258 g/mol. The van der Waals surface area contributed by atoms with Crippen molar-refractivity contribution in [3.8, 4) is 0 Å². The van der Waals surface area contributed by atoms with Crippen molar-refractivity contribution in [2.45, 2.75) is 6.04 Å². The van der Waals surface area contributed by atoms with Crippen molar-refractivity contribution in [1.82, 2.24) is 20.4 Å². The summed E-state index contributed by atoms with van der Waals surface area (Å²) in [6, 6.07) is 0.0208. The van der Waals surface area contributed by atoms with Crippen LogP contribution in [0.25, 0.3) is 0 Å². The minimum absolute atomic E-state index is 0.0208. The van der Waals surface area contributed by atoms with E-state index in [0.29, 0.717) is 0 Å². The van der Waals surface area contributed by atoms with Gasteiger partial charge in [-0.25, -0.2) is 0 Å². The molecule has 2 rings (SSSR count). The van der Waals surface area contributed by atoms with Gasteiger partial charge in [0.25, 0.3) is 0 Å². The third kappa shape index (κ3) is 4.13. The van der Waals surface area contributed by atoms with Gasteiger partial charge in [-0.3, -0.25) is 15.0 Å². The van der Waals surface area contributed by atoms with Crippen LogP contribution in [0.4, 0.5) is 0 Å². The van der Waals surface area contributed by atoms with E-state index in [1.165, 1.54) is 0 Å². The first-order valence-corrected chi connectivity index (χ1v) is 7.41. The Kier molecular flexibility index (Phi) is 5.09. The number of rotatable bonds is 4. The standard InChI is InChI=1S/C11H22N4OS/c1-14-4-6-15(7-5-14)3-2-12-11(16)10-8-17-9-13-10/h10,13H,2-9H2,1H3,(H,12,16). The van der Waals surface area contributed by atoms with E-state index in [2.05, 4.69) is 27.5 Å². The fraction of sp³-hybridized carbons (Fsp3) is 0.909. The molecule has 2 saturated heterocycles. The van der Waals surface area contributed by atoms with Crippen LogP contribution in [0, 0.1) is 0 Å². The van der Waals surface area contributed by atoms with Crippen molar-refractivity contribution in [1.29, 1.82) is 0 Å². The first kappa shape index (κ1) is 13.1. The van der Waals surface area contributed by atoms with Crippen LogP contribution in [-0.2, 0) is 4.79 Å². The maximum atomic E-state index is 11.7. The molecule has 2 heterocycles. The Bertz CT molecular complexity index is 250. The van der Waals surface area contributed by atoms with Gasteiger partial charge in [-0.05, 0) is 7.05 Å². The summed E-state index contributed by atoms with van der Waals surface area (Å²) in [4.78, 5) is 16.5. The Morgan fingerprint density at radius 3 is 2.82 bits per heavy atom. The van der Waals surface area contributed by atoms with Crippen molar-refractivity contribution >= 4 is 17.7 Å². The van der Waals surface area contributed by atoms with E-state index in [4.69, 9.17) is 0 Å². The molecule has 0 aromatic carbocycles. The lowest BCUT2D eigenvalue weighted by atomic mass is 10.3. The number of thioether (sulfide) groups is 1. The predicted octanol–water partition coefficient (Wildman–Crippen LogP) is -0.987. The van der Waals surface area contributed by atoms with Crippen molar-refractivity contribution in [3.05, 3.63) is 0 Å². The minimum Gasteiger partial charge on any atom is -0.353 e. The largest absolute Gasteiger partial charge is 0.353 e. The van der Waals surface area contributed by atoms with Crippen molar-refractivity contribution < 1.29 is 4.79 Å². The molecule has 2 aliphatic rings. The molecule has 98 valence electrons.